The van der Waals surface area contributed by atoms with Crippen LogP contribution < -0.4 is 0 Å². The molecule has 118 valence electrons. The SMILES string of the molecule is CC(C)c1noc(CCC(=O)N2CCC[C@@H]2c2cccs2)n1. The second-order valence-corrected chi connectivity index (χ2v) is 6.94. The van der Waals surface area contributed by atoms with Crippen LogP contribution in [0, 0.1) is 0 Å². The Morgan fingerprint density at radius 2 is 2.41 bits per heavy atom. The van der Waals surface area contributed by atoms with Gasteiger partial charge in [-0.2, -0.15) is 4.98 Å². The predicted molar refractivity (Wildman–Crippen MR) is 84.7 cm³/mol. The molecule has 1 fully saturated rings. The van der Waals surface area contributed by atoms with E-state index in [0.717, 1.165) is 19.4 Å². The van der Waals surface area contributed by atoms with Gasteiger partial charge in [-0.1, -0.05) is 25.1 Å². The number of hydrogen-bond donors (Lipinski definition) is 0. The molecular weight excluding hydrogens is 298 g/mol. The van der Waals surface area contributed by atoms with Crippen molar-refractivity contribution in [2.24, 2.45) is 0 Å². The van der Waals surface area contributed by atoms with Crippen LogP contribution in [0.1, 0.15) is 61.7 Å². The van der Waals surface area contributed by atoms with Crippen molar-refractivity contribution in [3.8, 4) is 0 Å². The Hall–Kier alpha value is -1.69. The number of carbonyl (C=O) groups is 1. The molecule has 6 heteroatoms. The van der Waals surface area contributed by atoms with Crippen molar-refractivity contribution in [2.75, 3.05) is 6.54 Å². The Morgan fingerprint density at radius 1 is 1.55 bits per heavy atom. The van der Waals surface area contributed by atoms with Gasteiger partial charge in [0.2, 0.25) is 11.8 Å². The van der Waals surface area contributed by atoms with Gasteiger partial charge in [0.1, 0.15) is 0 Å². The van der Waals surface area contributed by atoms with Gasteiger partial charge in [-0.05, 0) is 24.3 Å². The topological polar surface area (TPSA) is 59.2 Å². The number of amides is 1. The number of aryl methyl sites for hydroxylation is 1. The van der Waals surface area contributed by atoms with Gasteiger partial charge >= 0.3 is 0 Å². The predicted octanol–water partition coefficient (Wildman–Crippen LogP) is 3.55. The maximum absolute atomic E-state index is 12.5. The maximum atomic E-state index is 12.5. The summed E-state index contributed by atoms with van der Waals surface area (Å²) in [6, 6.07) is 4.42. The van der Waals surface area contributed by atoms with Crippen molar-refractivity contribution in [3.05, 3.63) is 34.1 Å². The van der Waals surface area contributed by atoms with E-state index in [9.17, 15) is 4.79 Å². The zero-order valence-corrected chi connectivity index (χ0v) is 13.8. The molecule has 0 aliphatic carbocycles. The molecule has 1 atom stereocenters. The molecule has 1 amide bonds. The summed E-state index contributed by atoms with van der Waals surface area (Å²) in [6.45, 7) is 4.90. The zero-order valence-electron chi connectivity index (χ0n) is 13.0. The van der Waals surface area contributed by atoms with Crippen LogP contribution in [0.4, 0.5) is 0 Å². The second kappa shape index (κ2) is 6.60. The van der Waals surface area contributed by atoms with E-state index in [0.29, 0.717) is 24.6 Å². The summed E-state index contributed by atoms with van der Waals surface area (Å²) in [4.78, 5) is 20.1. The molecule has 2 aromatic heterocycles. The number of hydrogen-bond acceptors (Lipinski definition) is 5. The summed E-state index contributed by atoms with van der Waals surface area (Å²) in [6.07, 6.45) is 3.09. The third-order valence-corrected chi connectivity index (χ3v) is 4.97. The van der Waals surface area contributed by atoms with Gasteiger partial charge in [-0.15, -0.1) is 11.3 Å². The molecule has 0 aromatic carbocycles. The van der Waals surface area contributed by atoms with E-state index >= 15 is 0 Å². The maximum Gasteiger partial charge on any atom is 0.227 e. The fourth-order valence-corrected chi connectivity index (χ4v) is 3.68. The van der Waals surface area contributed by atoms with Gasteiger partial charge in [0.15, 0.2) is 5.82 Å². The van der Waals surface area contributed by atoms with Gasteiger partial charge in [0.05, 0.1) is 6.04 Å². The van der Waals surface area contributed by atoms with Gasteiger partial charge < -0.3 is 9.42 Å². The van der Waals surface area contributed by atoms with Crippen molar-refractivity contribution in [1.82, 2.24) is 15.0 Å². The summed E-state index contributed by atoms with van der Waals surface area (Å²) in [7, 11) is 0. The van der Waals surface area contributed by atoms with Crippen LogP contribution in [-0.4, -0.2) is 27.5 Å². The molecule has 0 saturated carbocycles. The lowest BCUT2D eigenvalue weighted by molar-refractivity contribution is -0.132. The quantitative estimate of drug-likeness (QED) is 0.845. The fourth-order valence-electron chi connectivity index (χ4n) is 2.80. The van der Waals surface area contributed by atoms with E-state index < -0.39 is 0 Å². The molecular formula is C16H21N3O2S. The van der Waals surface area contributed by atoms with E-state index in [-0.39, 0.29) is 17.9 Å². The average Bonchev–Trinajstić information content (AvgIpc) is 3.23. The minimum Gasteiger partial charge on any atom is -0.339 e. The highest BCUT2D eigenvalue weighted by Crippen LogP contribution is 2.34. The van der Waals surface area contributed by atoms with Crippen LogP contribution in [-0.2, 0) is 11.2 Å². The number of aromatic nitrogens is 2. The molecule has 3 heterocycles. The van der Waals surface area contributed by atoms with E-state index in [4.69, 9.17) is 4.52 Å². The lowest BCUT2D eigenvalue weighted by atomic mass is 10.1. The Labute approximate surface area is 134 Å². The third-order valence-electron chi connectivity index (χ3n) is 4.00. The van der Waals surface area contributed by atoms with Gasteiger partial charge in [0.25, 0.3) is 0 Å². The molecule has 2 aromatic rings. The smallest absolute Gasteiger partial charge is 0.227 e. The van der Waals surface area contributed by atoms with Crippen molar-refractivity contribution in [3.63, 3.8) is 0 Å². The normalized spacial score (nSPS) is 18.3. The molecule has 0 spiro atoms. The summed E-state index contributed by atoms with van der Waals surface area (Å²) >= 11 is 1.73. The number of likely N-dealkylation sites (tertiary alicyclic amines) is 1. The fraction of sp³-hybridized carbons (Fsp3) is 0.562. The summed E-state index contributed by atoms with van der Waals surface area (Å²) < 4.78 is 5.21. The summed E-state index contributed by atoms with van der Waals surface area (Å²) in [5.41, 5.74) is 0. The molecule has 0 bridgehead atoms. The summed E-state index contributed by atoms with van der Waals surface area (Å²) in [5.74, 6) is 1.69. The van der Waals surface area contributed by atoms with E-state index in [1.807, 2.05) is 24.8 Å². The lowest BCUT2D eigenvalue weighted by Crippen LogP contribution is -2.30. The Balaban J connectivity index is 1.59. The monoisotopic (exact) mass is 319 g/mol. The van der Waals surface area contributed by atoms with E-state index in [1.54, 1.807) is 11.3 Å². The third kappa shape index (κ3) is 3.21. The van der Waals surface area contributed by atoms with Crippen LogP contribution in [0.25, 0.3) is 0 Å². The van der Waals surface area contributed by atoms with Crippen molar-refractivity contribution in [1.29, 1.82) is 0 Å². The molecule has 1 saturated heterocycles. The van der Waals surface area contributed by atoms with Crippen molar-refractivity contribution < 1.29 is 9.32 Å². The second-order valence-electron chi connectivity index (χ2n) is 5.96. The molecule has 0 N–H and O–H groups in total. The zero-order chi connectivity index (χ0) is 15.5. The van der Waals surface area contributed by atoms with Gasteiger partial charge in [-0.25, -0.2) is 0 Å². The first-order valence-electron chi connectivity index (χ1n) is 7.80. The van der Waals surface area contributed by atoms with Crippen LogP contribution in [0.5, 0.6) is 0 Å². The van der Waals surface area contributed by atoms with E-state index in [1.165, 1.54) is 4.88 Å². The van der Waals surface area contributed by atoms with Crippen molar-refractivity contribution >= 4 is 17.2 Å². The Bertz CT molecular complexity index is 621. The van der Waals surface area contributed by atoms with Crippen molar-refractivity contribution in [2.45, 2.75) is 51.5 Å². The van der Waals surface area contributed by atoms with Gasteiger partial charge in [0, 0.05) is 30.2 Å². The van der Waals surface area contributed by atoms with Crippen LogP contribution in [0.2, 0.25) is 0 Å². The highest BCUT2D eigenvalue weighted by Gasteiger charge is 2.30. The molecule has 22 heavy (non-hydrogen) atoms. The molecule has 0 unspecified atom stereocenters. The number of thiophene rings is 1. The standard InChI is InChI=1S/C16H21N3O2S/c1-11(2)16-17-14(21-18-16)7-8-15(20)19-9-3-5-12(19)13-6-4-10-22-13/h4,6,10-12H,3,5,7-9H2,1-2H3/t12-/m1/s1. The van der Waals surface area contributed by atoms with Crippen LogP contribution in [0.15, 0.2) is 22.0 Å². The number of carbonyl (C=O) groups excluding carboxylic acids is 1. The molecule has 0 radical (unpaired) electrons. The minimum absolute atomic E-state index is 0.181. The van der Waals surface area contributed by atoms with Crippen LogP contribution in [0.3, 0.4) is 0 Å². The number of nitrogens with zero attached hydrogens (tertiary/aromatic N) is 3. The average molecular weight is 319 g/mol. The van der Waals surface area contributed by atoms with E-state index in [2.05, 4.69) is 21.6 Å². The summed E-state index contributed by atoms with van der Waals surface area (Å²) in [5, 5.41) is 6.01. The first-order valence-corrected chi connectivity index (χ1v) is 8.68. The first kappa shape index (κ1) is 15.2. The molecule has 5 nitrogen and oxygen atoms in total. The van der Waals surface area contributed by atoms with Crippen LogP contribution >= 0.6 is 11.3 Å². The lowest BCUT2D eigenvalue weighted by Gasteiger charge is -2.23. The number of rotatable bonds is 5. The molecule has 1 aliphatic heterocycles. The Morgan fingerprint density at radius 3 is 3.09 bits per heavy atom. The highest BCUT2D eigenvalue weighted by molar-refractivity contribution is 7.10. The van der Waals surface area contributed by atoms with Gasteiger partial charge in [-0.3, -0.25) is 4.79 Å². The first-order chi connectivity index (χ1) is 10.6. The minimum atomic E-state index is 0.181. The largest absolute Gasteiger partial charge is 0.339 e. The highest BCUT2D eigenvalue weighted by atomic mass is 32.1. The molecule has 3 rings (SSSR count). The molecule has 1 aliphatic rings. The Kier molecular flexibility index (Phi) is 4.57.